The van der Waals surface area contributed by atoms with Gasteiger partial charge in [0.1, 0.15) is 34.1 Å². The van der Waals surface area contributed by atoms with Crippen molar-refractivity contribution in [2.45, 2.75) is 159 Å². The Morgan fingerprint density at radius 3 is 0.794 bits per heavy atom. The van der Waals surface area contributed by atoms with E-state index in [4.69, 9.17) is 31.4 Å². The molecule has 0 aliphatic carbocycles. The second-order valence-electron chi connectivity index (χ2n) is 26.8. The van der Waals surface area contributed by atoms with E-state index in [1.165, 1.54) is 72.8 Å². The Balaban J connectivity index is 1.31. The van der Waals surface area contributed by atoms with Crippen LogP contribution >= 0.6 is 0 Å². The molecule has 6 rings (SSSR count). The zero-order valence-corrected chi connectivity index (χ0v) is 56.4. The molecule has 15 N–H and O–H groups in total. The lowest BCUT2D eigenvalue weighted by Gasteiger charge is -2.28. The summed E-state index contributed by atoms with van der Waals surface area (Å²) in [5.74, 6) is -6.93. The van der Waals surface area contributed by atoms with Crippen LogP contribution in [0.25, 0.3) is 0 Å². The van der Waals surface area contributed by atoms with Crippen LogP contribution in [0.15, 0.2) is 146 Å². The van der Waals surface area contributed by atoms with E-state index >= 15 is 0 Å². The first kappa shape index (κ1) is 75.9. The van der Waals surface area contributed by atoms with Crippen LogP contribution in [0.1, 0.15) is 174 Å². The molecule has 0 radical (unpaired) electrons. The second-order valence-corrected chi connectivity index (χ2v) is 26.8. The normalized spacial score (nSPS) is 13.5. The average Bonchev–Trinajstić information content (AvgIpc) is 0.806. The van der Waals surface area contributed by atoms with Gasteiger partial charge in [-0.2, -0.15) is 0 Å². The molecular weight excluding hydrogens is 1240 g/mol. The molecule has 97 heavy (non-hydrogen) atoms. The molecule has 24 nitrogen and oxygen atoms in total. The van der Waals surface area contributed by atoms with Crippen molar-refractivity contribution in [2.24, 2.45) is 17.2 Å². The number of rotatable bonds is 30. The maximum absolute atomic E-state index is 14.4. The molecule has 6 aromatic carbocycles. The average molecular weight is 1330 g/mol. The number of hydrogen-bond donors (Lipinski definition) is 12. The number of aromatic hydroxyl groups is 3. The van der Waals surface area contributed by atoms with E-state index in [-0.39, 0.29) is 109 Å². The third-order valence-corrected chi connectivity index (χ3v) is 15.4. The number of ketones is 3. The summed E-state index contributed by atoms with van der Waals surface area (Å²) >= 11 is 0. The Bertz CT molecular complexity index is 3380. The quantitative estimate of drug-likeness (QED) is 0.00655. The Morgan fingerprint density at radius 1 is 0.351 bits per heavy atom. The number of carbonyl (C=O) groups is 9. The zero-order chi connectivity index (χ0) is 71.5. The van der Waals surface area contributed by atoms with Gasteiger partial charge in [-0.05, 0) is 210 Å². The minimum Gasteiger partial charge on any atom is -0.507 e. The van der Waals surface area contributed by atoms with E-state index in [0.29, 0.717) is 36.0 Å². The van der Waals surface area contributed by atoms with Gasteiger partial charge in [0.2, 0.25) is 0 Å². The van der Waals surface area contributed by atoms with Crippen LogP contribution in [-0.4, -0.2) is 122 Å². The Kier molecular flexibility index (Phi) is 25.8. The first-order chi connectivity index (χ1) is 45.5. The van der Waals surface area contributed by atoms with Crippen molar-refractivity contribution in [3.05, 3.63) is 179 Å². The minimum absolute atomic E-state index is 0.153. The first-order valence-electron chi connectivity index (χ1n) is 32.0. The second kappa shape index (κ2) is 33.0. The Labute approximate surface area is 565 Å². The number of alkyl carbamates (subject to hydrolysis) is 3. The maximum atomic E-state index is 14.4. The van der Waals surface area contributed by atoms with Crippen molar-refractivity contribution in [3.8, 4) is 17.2 Å². The summed E-state index contributed by atoms with van der Waals surface area (Å²) < 4.78 is 16.0. The lowest BCUT2D eigenvalue weighted by molar-refractivity contribution is -0.120. The van der Waals surface area contributed by atoms with Crippen molar-refractivity contribution in [3.63, 3.8) is 0 Å². The fraction of sp³-hybridized carbons (Fsp3) is 0.384. The topological polar surface area (TPSA) is 392 Å². The van der Waals surface area contributed by atoms with Gasteiger partial charge in [0.25, 0.3) is 17.7 Å². The van der Waals surface area contributed by atoms with Gasteiger partial charge < -0.3 is 78.6 Å². The van der Waals surface area contributed by atoms with E-state index in [1.807, 2.05) is 0 Å². The van der Waals surface area contributed by atoms with Crippen LogP contribution in [-0.2, 0) is 28.6 Å². The van der Waals surface area contributed by atoms with E-state index in [9.17, 15) is 58.5 Å². The number of nitrogens with one attached hydrogen (secondary N) is 6. The molecule has 0 aliphatic rings. The minimum atomic E-state index is -2.21. The Morgan fingerprint density at radius 2 is 0.577 bits per heavy atom. The fourth-order valence-corrected chi connectivity index (χ4v) is 10.4. The molecule has 6 amide bonds. The monoisotopic (exact) mass is 1330 g/mol. The predicted octanol–water partition coefficient (Wildman–Crippen LogP) is 10.6. The molecule has 24 heteroatoms. The molecule has 0 saturated carbocycles. The number of carbonyl (C=O) groups excluding carboxylic acids is 9. The number of phenolic OH excluding ortho intramolecular Hbond substituents is 3. The van der Waals surface area contributed by atoms with E-state index in [2.05, 4.69) is 31.9 Å². The van der Waals surface area contributed by atoms with Gasteiger partial charge in [0.15, 0.2) is 34.0 Å². The van der Waals surface area contributed by atoms with Crippen LogP contribution in [0.2, 0.25) is 0 Å². The van der Waals surface area contributed by atoms with Crippen molar-refractivity contribution < 1.29 is 72.7 Å². The van der Waals surface area contributed by atoms with Gasteiger partial charge in [-0.25, -0.2) is 14.4 Å². The number of hydrogen-bond acceptors (Lipinski definition) is 18. The lowest BCUT2D eigenvalue weighted by atomic mass is 9.83. The van der Waals surface area contributed by atoms with Gasteiger partial charge in [-0.15, -0.1) is 0 Å². The highest BCUT2D eigenvalue weighted by Crippen LogP contribution is 2.36. The maximum Gasteiger partial charge on any atom is 0.407 e. The zero-order valence-electron chi connectivity index (χ0n) is 56.4. The number of phenols is 3. The molecule has 6 aromatic rings. The number of amides is 6. The highest BCUT2D eigenvalue weighted by atomic mass is 16.6. The fourth-order valence-electron chi connectivity index (χ4n) is 10.4. The highest BCUT2D eigenvalue weighted by Gasteiger charge is 2.46. The summed E-state index contributed by atoms with van der Waals surface area (Å²) in [7, 11) is 0. The van der Waals surface area contributed by atoms with Crippen molar-refractivity contribution in [2.75, 3.05) is 35.6 Å². The molecule has 0 aromatic heterocycles. The van der Waals surface area contributed by atoms with Gasteiger partial charge in [-0.3, -0.25) is 28.8 Å². The molecule has 3 atom stereocenters. The molecule has 0 saturated heterocycles. The summed E-state index contributed by atoms with van der Waals surface area (Å²) in [4.78, 5) is 123. The van der Waals surface area contributed by atoms with E-state index in [0.717, 1.165) is 0 Å². The molecule has 0 spiro atoms. The number of anilines is 3. The first-order valence-corrected chi connectivity index (χ1v) is 32.0. The molecule has 518 valence electrons. The summed E-state index contributed by atoms with van der Waals surface area (Å²) in [6.45, 7) is 16.0. The summed E-state index contributed by atoms with van der Waals surface area (Å²) in [5, 5.41) is 48.5. The van der Waals surface area contributed by atoms with Crippen LogP contribution in [0, 0.1) is 0 Å². The molecule has 0 aliphatic heterocycles. The standard InChI is InChI=1S/C73H91N9O15/c1-68(2,3)95-65(92)77-43-19-16-40-71(74,59(86)52-22-10-13-25-55(52)83)62(89)80-49-34-28-46(29-35-49)58(47-30-36-50(37-31-47)81-63(90)72(75,60(87)53-23-11-14-26-56(53)84)41-17-20-44-78-66(93)96-69(4,5)6)48-32-38-51(39-33-48)82-64(91)73(76,61(88)54-24-12-15-27-57(54)85)42-18-21-45-79-67(94)97-70(7,8)9/h10-15,22-39,58,83-85H,16-21,40-45,74-76H2,1-9H3,(H,77,92)(H,78,93)(H,79,94)(H,80,89)(H,81,90)(H,82,91)/t71-,72-,73-/m0/s1. The number of benzene rings is 6. The number of para-hydroxylation sites is 3. The summed E-state index contributed by atoms with van der Waals surface area (Å²) in [6, 6.07) is 37.1. The molecule has 0 bridgehead atoms. The van der Waals surface area contributed by atoms with E-state index in [1.54, 1.807) is 135 Å². The molecule has 0 unspecified atom stereocenters. The van der Waals surface area contributed by atoms with Crippen LogP contribution in [0.4, 0.5) is 31.4 Å². The Hall–Kier alpha value is -10.2. The van der Waals surface area contributed by atoms with Crippen molar-refractivity contribution in [1.29, 1.82) is 0 Å². The molecule has 0 heterocycles. The number of ether oxygens (including phenoxy) is 3. The van der Waals surface area contributed by atoms with Gasteiger partial charge in [0, 0.05) is 42.6 Å². The molecule has 0 fully saturated rings. The summed E-state index contributed by atoms with van der Waals surface area (Å²) in [5.41, 5.74) is 13.7. The number of unbranched alkanes of at least 4 members (excludes halogenated alkanes) is 3. The SMILES string of the molecule is CC(C)(C)OC(=O)NCCCC[C@@](N)(C(=O)Nc1ccc(C(c2ccc(NC(=O)[C@](N)(CCCCNC(=O)OC(C)(C)C)C(=O)c3ccccc3O)cc2)c2ccc(NC(=O)[C@](N)(CCCCNC(=O)OC(C)(C)C)C(=O)c3ccccc3O)cc2)cc1)C(=O)c1ccccc1O. The third-order valence-electron chi connectivity index (χ3n) is 15.4. The largest absolute Gasteiger partial charge is 0.507 e. The smallest absolute Gasteiger partial charge is 0.407 e. The highest BCUT2D eigenvalue weighted by molar-refractivity contribution is 6.23. The van der Waals surface area contributed by atoms with Crippen LogP contribution in [0.3, 0.4) is 0 Å². The summed E-state index contributed by atoms with van der Waals surface area (Å²) in [6.07, 6.45) is -0.932. The predicted molar refractivity (Wildman–Crippen MR) is 368 cm³/mol. The molecular formula is C73H91N9O15. The van der Waals surface area contributed by atoms with Crippen molar-refractivity contribution >= 4 is 70.4 Å². The third kappa shape index (κ3) is 21.7. The van der Waals surface area contributed by atoms with Gasteiger partial charge in [-0.1, -0.05) is 72.8 Å². The van der Waals surface area contributed by atoms with Gasteiger partial charge in [0.05, 0.1) is 16.7 Å². The number of Topliss-reactive ketones (excluding diaryl/α,β-unsaturated/α-hetero) is 3. The number of nitrogens with two attached hydrogens (primary N) is 3. The van der Waals surface area contributed by atoms with Gasteiger partial charge >= 0.3 is 18.3 Å². The van der Waals surface area contributed by atoms with Crippen LogP contribution in [0.5, 0.6) is 17.2 Å². The lowest BCUT2D eigenvalue weighted by Crippen LogP contribution is -2.57. The van der Waals surface area contributed by atoms with Crippen LogP contribution < -0.4 is 49.1 Å². The van der Waals surface area contributed by atoms with E-state index < -0.39 is 92.7 Å². The van der Waals surface area contributed by atoms with Crippen molar-refractivity contribution in [1.82, 2.24) is 16.0 Å².